The molecular formula is C23H24N4O2S. The highest BCUT2D eigenvalue weighted by atomic mass is 32.2. The molecule has 0 radical (unpaired) electrons. The number of hydrogen-bond acceptors (Lipinski definition) is 5. The van der Waals surface area contributed by atoms with Crippen molar-refractivity contribution in [3.05, 3.63) is 75.8 Å². The number of hydrogen-bond donors (Lipinski definition) is 3. The zero-order chi connectivity index (χ0) is 21.8. The van der Waals surface area contributed by atoms with Crippen LogP contribution in [0.15, 0.2) is 59.1 Å². The van der Waals surface area contributed by atoms with E-state index in [2.05, 4.69) is 30.6 Å². The zero-order valence-corrected chi connectivity index (χ0v) is 17.9. The summed E-state index contributed by atoms with van der Waals surface area (Å²) in [5, 5.41) is 14.2. The summed E-state index contributed by atoms with van der Waals surface area (Å²) in [5.74, 6) is -0.623. The smallest absolute Gasteiger partial charge is 0.325 e. The van der Waals surface area contributed by atoms with Crippen molar-refractivity contribution in [3.8, 4) is 6.07 Å². The van der Waals surface area contributed by atoms with Crippen LogP contribution >= 0.6 is 11.8 Å². The monoisotopic (exact) mass is 420 g/mol. The summed E-state index contributed by atoms with van der Waals surface area (Å²) in [7, 11) is 0. The molecule has 154 valence electrons. The quantitative estimate of drug-likeness (QED) is 0.681. The van der Waals surface area contributed by atoms with E-state index in [1.807, 2.05) is 43.3 Å². The molecule has 0 saturated carbocycles. The van der Waals surface area contributed by atoms with Gasteiger partial charge in [0.2, 0.25) is 5.91 Å². The Morgan fingerprint density at radius 1 is 1.10 bits per heavy atom. The number of carbonyl (C=O) groups excluding carboxylic acids is 2. The number of carbonyl (C=O) groups is 2. The number of benzene rings is 2. The molecule has 1 heterocycles. The first-order valence-corrected chi connectivity index (χ1v) is 10.5. The molecule has 0 saturated heterocycles. The van der Waals surface area contributed by atoms with Gasteiger partial charge in [0.1, 0.15) is 5.25 Å². The van der Waals surface area contributed by atoms with Crippen LogP contribution in [-0.2, 0) is 4.79 Å². The highest BCUT2D eigenvalue weighted by molar-refractivity contribution is 8.04. The second-order valence-electron chi connectivity index (χ2n) is 7.54. The lowest BCUT2D eigenvalue weighted by molar-refractivity contribution is -0.119. The average Bonchev–Trinajstić information content (AvgIpc) is 3.06. The van der Waals surface area contributed by atoms with Crippen LogP contribution in [-0.4, -0.2) is 17.2 Å². The number of nitrogens with one attached hydrogen (secondary N) is 2. The second kappa shape index (κ2) is 9.06. The fraction of sp³-hybridized carbons (Fsp3) is 0.261. The van der Waals surface area contributed by atoms with Gasteiger partial charge in [-0.25, -0.2) is 4.79 Å². The maximum Gasteiger partial charge on any atom is 0.325 e. The number of rotatable bonds is 4. The predicted octanol–water partition coefficient (Wildman–Crippen LogP) is 4.36. The first-order chi connectivity index (χ1) is 14.3. The SMILES string of the molecule is Cc1ccc(NC(=O)NC(=O)[C@@H]2SC(N)=C(C#N)[C@H]2c2ccc(C(C)C)cc2)cc1. The van der Waals surface area contributed by atoms with Crippen molar-refractivity contribution < 1.29 is 9.59 Å². The topological polar surface area (TPSA) is 108 Å². The summed E-state index contributed by atoms with van der Waals surface area (Å²) in [5.41, 5.74) is 10.0. The van der Waals surface area contributed by atoms with Crippen molar-refractivity contribution >= 4 is 29.4 Å². The molecule has 1 aliphatic rings. The second-order valence-corrected chi connectivity index (χ2v) is 8.72. The molecular weight excluding hydrogens is 396 g/mol. The molecule has 3 rings (SSSR count). The number of aryl methyl sites for hydroxylation is 1. The van der Waals surface area contributed by atoms with Gasteiger partial charge in [-0.1, -0.05) is 67.6 Å². The summed E-state index contributed by atoms with van der Waals surface area (Å²) in [6.07, 6.45) is 0. The molecule has 30 heavy (non-hydrogen) atoms. The zero-order valence-electron chi connectivity index (χ0n) is 17.1. The van der Waals surface area contributed by atoms with E-state index in [1.165, 1.54) is 5.56 Å². The van der Waals surface area contributed by atoms with Crippen molar-refractivity contribution in [1.29, 1.82) is 5.26 Å². The van der Waals surface area contributed by atoms with Crippen molar-refractivity contribution in [2.45, 2.75) is 37.9 Å². The number of nitrogens with two attached hydrogens (primary N) is 1. The van der Waals surface area contributed by atoms with E-state index in [-0.39, 0.29) is 0 Å². The molecule has 4 N–H and O–H groups in total. The van der Waals surface area contributed by atoms with Crippen LogP contribution in [0, 0.1) is 18.3 Å². The van der Waals surface area contributed by atoms with E-state index in [0.29, 0.717) is 22.2 Å². The van der Waals surface area contributed by atoms with Gasteiger partial charge in [0.05, 0.1) is 16.7 Å². The van der Waals surface area contributed by atoms with Crippen LogP contribution in [0.5, 0.6) is 0 Å². The summed E-state index contributed by atoms with van der Waals surface area (Å²) < 4.78 is 0. The standard InChI is InChI=1S/C23H24N4O2S/c1-13(2)15-6-8-16(9-7-15)19-18(12-24)21(25)30-20(19)22(28)27-23(29)26-17-10-4-14(3)5-11-17/h4-11,13,19-20H,25H2,1-3H3,(H2,26,27,28,29)/t19-,20-/m1/s1. The Kier molecular flexibility index (Phi) is 6.48. The Balaban J connectivity index is 1.77. The van der Waals surface area contributed by atoms with Crippen molar-refractivity contribution in [2.75, 3.05) is 5.32 Å². The first-order valence-electron chi connectivity index (χ1n) is 9.65. The number of nitrogens with zero attached hydrogens (tertiary/aromatic N) is 1. The Morgan fingerprint density at radius 2 is 1.73 bits per heavy atom. The number of nitriles is 1. The fourth-order valence-corrected chi connectivity index (χ4v) is 4.48. The van der Waals surface area contributed by atoms with Gasteiger partial charge in [0.25, 0.3) is 0 Å². The summed E-state index contributed by atoms with van der Waals surface area (Å²) in [6.45, 7) is 6.15. The third-order valence-electron chi connectivity index (χ3n) is 5.02. The van der Waals surface area contributed by atoms with Gasteiger partial charge < -0.3 is 11.1 Å². The van der Waals surface area contributed by atoms with Crippen molar-refractivity contribution in [3.63, 3.8) is 0 Å². The van der Waals surface area contributed by atoms with Gasteiger partial charge in [-0.3, -0.25) is 10.1 Å². The maximum atomic E-state index is 12.9. The van der Waals surface area contributed by atoms with Crippen LogP contribution in [0.1, 0.15) is 42.4 Å². The largest absolute Gasteiger partial charge is 0.393 e. The van der Waals surface area contributed by atoms with E-state index in [9.17, 15) is 14.9 Å². The minimum absolute atomic E-state index is 0.314. The number of imide groups is 1. The first kappa shape index (κ1) is 21.5. The van der Waals surface area contributed by atoms with E-state index < -0.39 is 23.1 Å². The van der Waals surface area contributed by atoms with E-state index in [1.54, 1.807) is 12.1 Å². The third kappa shape index (κ3) is 4.66. The molecule has 0 unspecified atom stereocenters. The summed E-state index contributed by atoms with van der Waals surface area (Å²) >= 11 is 1.11. The highest BCUT2D eigenvalue weighted by Crippen LogP contribution is 2.45. The molecule has 3 amide bonds. The predicted molar refractivity (Wildman–Crippen MR) is 120 cm³/mol. The number of thioether (sulfide) groups is 1. The Morgan fingerprint density at radius 3 is 2.30 bits per heavy atom. The van der Waals surface area contributed by atoms with E-state index >= 15 is 0 Å². The lowest BCUT2D eigenvalue weighted by Gasteiger charge is -2.20. The number of allylic oxidation sites excluding steroid dienone is 1. The number of amides is 3. The van der Waals surface area contributed by atoms with Crippen molar-refractivity contribution in [2.24, 2.45) is 5.73 Å². The van der Waals surface area contributed by atoms with Crippen molar-refractivity contribution in [1.82, 2.24) is 5.32 Å². The molecule has 0 aromatic heterocycles. The molecule has 2 aromatic carbocycles. The van der Waals surface area contributed by atoms with Gasteiger partial charge >= 0.3 is 6.03 Å². The normalized spacial score (nSPS) is 18.2. The fourth-order valence-electron chi connectivity index (χ4n) is 3.31. The maximum absolute atomic E-state index is 12.9. The molecule has 7 heteroatoms. The van der Waals surface area contributed by atoms with Gasteiger partial charge in [-0.15, -0.1) is 0 Å². The van der Waals surface area contributed by atoms with E-state index in [0.717, 1.165) is 22.9 Å². The molecule has 1 aliphatic heterocycles. The van der Waals surface area contributed by atoms with Gasteiger partial charge in [0.15, 0.2) is 0 Å². The minimum atomic E-state index is -0.701. The Labute approximate surface area is 180 Å². The molecule has 0 aliphatic carbocycles. The lowest BCUT2D eigenvalue weighted by atomic mass is 9.87. The molecule has 0 bridgehead atoms. The van der Waals surface area contributed by atoms with Crippen LogP contribution in [0.4, 0.5) is 10.5 Å². The highest BCUT2D eigenvalue weighted by Gasteiger charge is 2.41. The average molecular weight is 421 g/mol. The molecule has 0 fully saturated rings. The van der Waals surface area contributed by atoms with Crippen LogP contribution in [0.25, 0.3) is 0 Å². The molecule has 2 aromatic rings. The minimum Gasteiger partial charge on any atom is -0.393 e. The Hall–Kier alpha value is -3.24. The van der Waals surface area contributed by atoms with Crippen LogP contribution in [0.2, 0.25) is 0 Å². The summed E-state index contributed by atoms with van der Waals surface area (Å²) in [6, 6.07) is 16.6. The van der Waals surface area contributed by atoms with Gasteiger partial charge in [-0.2, -0.15) is 5.26 Å². The Bertz CT molecular complexity index is 1020. The molecule has 6 nitrogen and oxygen atoms in total. The van der Waals surface area contributed by atoms with E-state index in [4.69, 9.17) is 5.73 Å². The summed E-state index contributed by atoms with van der Waals surface area (Å²) in [4.78, 5) is 25.2. The van der Waals surface area contributed by atoms with Gasteiger partial charge in [-0.05, 0) is 36.1 Å². The molecule has 0 spiro atoms. The third-order valence-corrected chi connectivity index (χ3v) is 6.23. The van der Waals surface area contributed by atoms with Crippen LogP contribution in [0.3, 0.4) is 0 Å². The number of anilines is 1. The molecule has 2 atom stereocenters. The van der Waals surface area contributed by atoms with Gasteiger partial charge in [0, 0.05) is 11.6 Å². The van der Waals surface area contributed by atoms with Crippen LogP contribution < -0.4 is 16.4 Å². The lowest BCUT2D eigenvalue weighted by Crippen LogP contribution is -2.41. The number of urea groups is 1.